The third kappa shape index (κ3) is 5.78. The molecule has 1 aliphatic rings. The Labute approximate surface area is 211 Å². The van der Waals surface area contributed by atoms with Gasteiger partial charge in [-0.1, -0.05) is 13.3 Å². The van der Waals surface area contributed by atoms with E-state index in [9.17, 15) is 65.9 Å². The lowest BCUT2D eigenvalue weighted by Gasteiger charge is -2.54. The SMILES string of the molecule is CCC(C)(C(OO)C(C1CCCC(C(OCOC)(C(F)(F)F)C(F)(F)F)C1)(C(F)(F)F)C(F)(F)F)C(F)(F)F. The van der Waals surface area contributed by atoms with Crippen molar-refractivity contribution < 1.29 is 85.5 Å². The van der Waals surface area contributed by atoms with Crippen molar-refractivity contribution in [2.45, 2.75) is 88.5 Å². The molecule has 0 aromatic rings. The van der Waals surface area contributed by atoms with Crippen molar-refractivity contribution >= 4 is 0 Å². The molecular formula is C20H25F15O4. The maximum Gasteiger partial charge on any atom is 0.426 e. The molecule has 19 heteroatoms. The van der Waals surface area contributed by atoms with E-state index in [0.29, 0.717) is 14.0 Å². The molecular weight excluding hydrogens is 589 g/mol. The molecule has 1 N–H and O–H groups in total. The molecule has 1 aliphatic carbocycles. The minimum Gasteiger partial charge on any atom is -0.359 e. The summed E-state index contributed by atoms with van der Waals surface area (Å²) in [4.78, 5) is 3.27. The van der Waals surface area contributed by atoms with Gasteiger partial charge >= 0.3 is 30.9 Å². The molecule has 0 heterocycles. The third-order valence-electron chi connectivity index (χ3n) is 7.56. The van der Waals surface area contributed by atoms with Crippen LogP contribution in [0.15, 0.2) is 0 Å². The number of methoxy groups -OCH3 is 1. The Kier molecular flexibility index (Phi) is 10.3. The Bertz CT molecular complexity index is 771. The summed E-state index contributed by atoms with van der Waals surface area (Å²) in [5.74, 6) is -6.59. The zero-order valence-corrected chi connectivity index (χ0v) is 20.3. The van der Waals surface area contributed by atoms with Gasteiger partial charge in [0.15, 0.2) is 5.41 Å². The van der Waals surface area contributed by atoms with Crippen molar-refractivity contribution in [3.8, 4) is 0 Å². The van der Waals surface area contributed by atoms with Crippen LogP contribution in [-0.2, 0) is 14.4 Å². The third-order valence-corrected chi connectivity index (χ3v) is 7.56. The predicted molar refractivity (Wildman–Crippen MR) is 99.7 cm³/mol. The number of halogens is 15. The van der Waals surface area contributed by atoms with Gasteiger partial charge in [-0.25, -0.2) is 4.89 Å². The van der Waals surface area contributed by atoms with Crippen LogP contribution >= 0.6 is 0 Å². The van der Waals surface area contributed by atoms with Crippen LogP contribution in [-0.4, -0.2) is 61.7 Å². The highest BCUT2D eigenvalue weighted by Gasteiger charge is 2.84. The molecule has 0 spiro atoms. The van der Waals surface area contributed by atoms with E-state index in [1.54, 1.807) is 0 Å². The lowest BCUT2D eigenvalue weighted by molar-refractivity contribution is -0.462. The fourth-order valence-electron chi connectivity index (χ4n) is 5.40. The minimum absolute atomic E-state index is 0.141. The summed E-state index contributed by atoms with van der Waals surface area (Å²) in [6.45, 7) is -1.37. The van der Waals surface area contributed by atoms with Crippen LogP contribution in [0.1, 0.15) is 46.0 Å². The standard InChI is InChI=1S/C20H25F15O4/c1-4-13(2,16(21,22)23)12(39-36)14(17(24,25)26,18(27,28)29)10-6-5-7-11(8-10)15(19(30,31)32,20(33,34)35)38-9-37-3/h10-12,36H,4-9H2,1-3H3. The van der Waals surface area contributed by atoms with Gasteiger partial charge in [0.25, 0.3) is 5.60 Å². The molecule has 0 aliphatic heterocycles. The molecule has 4 atom stereocenters. The van der Waals surface area contributed by atoms with Crippen molar-refractivity contribution in [1.29, 1.82) is 0 Å². The van der Waals surface area contributed by atoms with Crippen LogP contribution in [0.3, 0.4) is 0 Å². The van der Waals surface area contributed by atoms with E-state index >= 15 is 0 Å². The summed E-state index contributed by atoms with van der Waals surface area (Å²) in [5, 5.41) is 9.15. The molecule has 0 radical (unpaired) electrons. The van der Waals surface area contributed by atoms with Crippen LogP contribution in [0.5, 0.6) is 0 Å². The zero-order chi connectivity index (χ0) is 31.1. The molecule has 0 bridgehead atoms. The number of rotatable bonds is 9. The fourth-order valence-corrected chi connectivity index (χ4v) is 5.40. The lowest BCUT2D eigenvalue weighted by atomic mass is 9.55. The molecule has 4 nitrogen and oxygen atoms in total. The highest BCUT2D eigenvalue weighted by molar-refractivity contribution is 5.12. The minimum atomic E-state index is -6.82. The van der Waals surface area contributed by atoms with Crippen LogP contribution in [0.2, 0.25) is 0 Å². The summed E-state index contributed by atoms with van der Waals surface area (Å²) in [6, 6.07) is 0. The smallest absolute Gasteiger partial charge is 0.359 e. The molecule has 4 unspecified atom stereocenters. The first-order valence-corrected chi connectivity index (χ1v) is 11.0. The monoisotopic (exact) mass is 614 g/mol. The lowest BCUT2D eigenvalue weighted by Crippen LogP contribution is -2.70. The van der Waals surface area contributed by atoms with Gasteiger partial charge in [0.1, 0.15) is 12.9 Å². The van der Waals surface area contributed by atoms with E-state index in [1.807, 2.05) is 0 Å². The van der Waals surface area contributed by atoms with Gasteiger partial charge in [-0.15, -0.1) is 0 Å². The molecule has 234 valence electrons. The van der Waals surface area contributed by atoms with Crippen molar-refractivity contribution in [3.63, 3.8) is 0 Å². The molecule has 1 rings (SSSR count). The summed E-state index contributed by atoms with van der Waals surface area (Å²) in [6.07, 6.45) is -44.4. The highest BCUT2D eigenvalue weighted by Crippen LogP contribution is 2.67. The summed E-state index contributed by atoms with van der Waals surface area (Å²) in [5.41, 5.74) is -15.2. The van der Waals surface area contributed by atoms with Crippen molar-refractivity contribution in [2.75, 3.05) is 13.9 Å². The molecule has 0 aromatic heterocycles. The maximum absolute atomic E-state index is 14.5. The number of ether oxygens (including phenoxy) is 2. The van der Waals surface area contributed by atoms with Gasteiger partial charge in [-0.05, 0) is 38.5 Å². The van der Waals surface area contributed by atoms with Gasteiger partial charge in [-0.3, -0.25) is 5.26 Å². The average molecular weight is 614 g/mol. The maximum atomic E-state index is 14.5. The topological polar surface area (TPSA) is 47.9 Å². The largest absolute Gasteiger partial charge is 0.426 e. The summed E-state index contributed by atoms with van der Waals surface area (Å²) >= 11 is 0. The molecule has 0 aromatic carbocycles. The van der Waals surface area contributed by atoms with Gasteiger partial charge in [0.05, 0.1) is 5.41 Å². The predicted octanol–water partition coefficient (Wildman–Crippen LogP) is 8.22. The van der Waals surface area contributed by atoms with Crippen LogP contribution in [0, 0.1) is 22.7 Å². The molecule has 1 saturated carbocycles. The van der Waals surface area contributed by atoms with Gasteiger partial charge in [-0.2, -0.15) is 65.9 Å². The second-order valence-corrected chi connectivity index (χ2v) is 9.46. The van der Waals surface area contributed by atoms with E-state index in [4.69, 9.17) is 5.26 Å². The number of hydrogen-bond donors (Lipinski definition) is 1. The fraction of sp³-hybridized carbons (Fsp3) is 1.00. The van der Waals surface area contributed by atoms with E-state index in [0.717, 1.165) is 0 Å². The van der Waals surface area contributed by atoms with E-state index in [-0.39, 0.29) is 6.92 Å². The van der Waals surface area contributed by atoms with E-state index in [2.05, 4.69) is 14.4 Å². The highest BCUT2D eigenvalue weighted by atomic mass is 19.4. The summed E-state index contributed by atoms with van der Waals surface area (Å²) in [7, 11) is 0.589. The second-order valence-electron chi connectivity index (χ2n) is 9.46. The first-order chi connectivity index (χ1) is 17.3. The normalized spacial score (nSPS) is 23.5. The van der Waals surface area contributed by atoms with Crippen LogP contribution < -0.4 is 0 Å². The van der Waals surface area contributed by atoms with E-state index < -0.39 is 104 Å². The van der Waals surface area contributed by atoms with E-state index in [1.165, 1.54) is 0 Å². The van der Waals surface area contributed by atoms with Crippen LogP contribution in [0.4, 0.5) is 65.9 Å². The quantitative estimate of drug-likeness (QED) is 0.123. The van der Waals surface area contributed by atoms with Crippen LogP contribution in [0.25, 0.3) is 0 Å². The Balaban J connectivity index is 4.08. The Morgan fingerprint density at radius 2 is 1.15 bits per heavy atom. The molecule has 1 fully saturated rings. The Morgan fingerprint density at radius 3 is 1.46 bits per heavy atom. The Hall–Kier alpha value is -1.21. The molecule has 39 heavy (non-hydrogen) atoms. The average Bonchev–Trinajstić information content (AvgIpc) is 2.72. The first-order valence-electron chi connectivity index (χ1n) is 11.0. The number of hydrogen-bond acceptors (Lipinski definition) is 4. The first kappa shape index (κ1) is 35.8. The summed E-state index contributed by atoms with van der Waals surface area (Å²) < 4.78 is 220. The van der Waals surface area contributed by atoms with Crippen molar-refractivity contribution in [2.24, 2.45) is 22.7 Å². The molecule has 0 saturated heterocycles. The van der Waals surface area contributed by atoms with Gasteiger partial charge in [0, 0.05) is 13.0 Å². The van der Waals surface area contributed by atoms with Crippen molar-refractivity contribution in [1.82, 2.24) is 0 Å². The Morgan fingerprint density at radius 1 is 0.718 bits per heavy atom. The second kappa shape index (κ2) is 11.2. The molecule has 0 amide bonds. The zero-order valence-electron chi connectivity index (χ0n) is 20.3. The van der Waals surface area contributed by atoms with Crippen molar-refractivity contribution in [3.05, 3.63) is 0 Å². The number of alkyl halides is 15. The van der Waals surface area contributed by atoms with Gasteiger partial charge < -0.3 is 9.47 Å². The van der Waals surface area contributed by atoms with Gasteiger partial charge in [0.2, 0.25) is 0 Å².